The fraction of sp³-hybridized carbons (Fsp3) is 0.588. The van der Waals surface area contributed by atoms with Crippen molar-refractivity contribution >= 4 is 39.2 Å². The number of fused-ring (bicyclic) bond motifs is 1. The number of rotatable bonds is 6. The first-order chi connectivity index (χ1) is 12.9. The van der Waals surface area contributed by atoms with Crippen LogP contribution >= 0.6 is 22.9 Å². The number of aromatic nitrogens is 2. The molecular formula is C17H20ClFN4O3S. The lowest BCUT2D eigenvalue weighted by atomic mass is 10.2. The van der Waals surface area contributed by atoms with E-state index in [-0.39, 0.29) is 36.0 Å². The summed E-state index contributed by atoms with van der Waals surface area (Å²) in [5, 5.41) is 3.00. The van der Waals surface area contributed by atoms with E-state index in [1.54, 1.807) is 4.90 Å². The normalized spacial score (nSPS) is 21.9. The van der Waals surface area contributed by atoms with E-state index in [1.807, 2.05) is 6.92 Å². The molecule has 146 valence electrons. The van der Waals surface area contributed by atoms with E-state index in [0.717, 1.165) is 10.4 Å². The highest BCUT2D eigenvalue weighted by Crippen LogP contribution is 2.39. The Bertz CT molecular complexity index is 1030. The van der Waals surface area contributed by atoms with E-state index in [1.165, 1.54) is 20.5 Å². The number of alkyl halides is 2. The minimum atomic E-state index is -0.542. The molecule has 0 aromatic carbocycles. The lowest BCUT2D eigenvalue weighted by Crippen LogP contribution is -2.39. The monoisotopic (exact) mass is 414 g/mol. The fourth-order valence-electron chi connectivity index (χ4n) is 3.52. The van der Waals surface area contributed by atoms with Gasteiger partial charge in [0.25, 0.3) is 5.56 Å². The summed E-state index contributed by atoms with van der Waals surface area (Å²) in [6.07, 6.45) is 0.776. The van der Waals surface area contributed by atoms with Gasteiger partial charge in [0.05, 0.1) is 30.0 Å². The lowest BCUT2D eigenvalue weighted by Gasteiger charge is -2.12. The zero-order valence-corrected chi connectivity index (χ0v) is 16.4. The van der Waals surface area contributed by atoms with Crippen LogP contribution < -0.4 is 16.6 Å². The quantitative estimate of drug-likeness (QED) is 0.734. The number of hydrogen-bond donors (Lipinski definition) is 1. The van der Waals surface area contributed by atoms with Crippen LogP contribution in [-0.4, -0.2) is 45.2 Å². The zero-order chi connectivity index (χ0) is 19.3. The molecule has 7 nitrogen and oxygen atoms in total. The van der Waals surface area contributed by atoms with Crippen molar-refractivity contribution in [1.82, 2.24) is 19.4 Å². The third-order valence-corrected chi connectivity index (χ3v) is 6.92. The predicted molar refractivity (Wildman–Crippen MR) is 103 cm³/mol. The molecule has 3 heterocycles. The van der Waals surface area contributed by atoms with Crippen LogP contribution in [0.15, 0.2) is 9.59 Å². The first-order valence-electron chi connectivity index (χ1n) is 8.94. The molecule has 4 rings (SSSR count). The van der Waals surface area contributed by atoms with Crippen LogP contribution in [0.3, 0.4) is 0 Å². The molecule has 0 radical (unpaired) electrons. The van der Waals surface area contributed by atoms with Gasteiger partial charge in [-0.05, 0) is 25.3 Å². The van der Waals surface area contributed by atoms with E-state index in [4.69, 9.17) is 11.6 Å². The van der Waals surface area contributed by atoms with Gasteiger partial charge in [0.2, 0.25) is 0 Å². The number of nitrogens with zero attached hydrogens (tertiary/aromatic N) is 3. The van der Waals surface area contributed by atoms with Crippen LogP contribution in [-0.2, 0) is 13.1 Å². The van der Waals surface area contributed by atoms with Gasteiger partial charge >= 0.3 is 11.7 Å². The molecule has 0 spiro atoms. The minimum Gasteiger partial charge on any atom is -0.336 e. The summed E-state index contributed by atoms with van der Waals surface area (Å²) in [4.78, 5) is 41.0. The Hall–Kier alpha value is -1.87. The van der Waals surface area contributed by atoms with Gasteiger partial charge in [0.15, 0.2) is 0 Å². The van der Waals surface area contributed by atoms with Crippen molar-refractivity contribution in [3.05, 3.63) is 31.3 Å². The summed E-state index contributed by atoms with van der Waals surface area (Å²) >= 11 is 7.43. The van der Waals surface area contributed by atoms with Crippen LogP contribution in [0, 0.1) is 6.92 Å². The maximum absolute atomic E-state index is 13.1. The van der Waals surface area contributed by atoms with Gasteiger partial charge in [-0.1, -0.05) is 0 Å². The van der Waals surface area contributed by atoms with E-state index >= 15 is 0 Å². The molecule has 1 saturated carbocycles. The molecule has 2 atom stereocenters. The average Bonchev–Trinajstić information content (AvgIpc) is 3.04. The Morgan fingerprint density at radius 2 is 2.07 bits per heavy atom. The number of urea groups is 1. The van der Waals surface area contributed by atoms with Gasteiger partial charge in [-0.3, -0.25) is 18.3 Å². The van der Waals surface area contributed by atoms with E-state index in [2.05, 4.69) is 5.32 Å². The third-order valence-electron chi connectivity index (χ3n) is 5.15. The number of carbonyl (C=O) groups excluding carboxylic acids is 1. The maximum Gasteiger partial charge on any atom is 0.332 e. The van der Waals surface area contributed by atoms with Crippen molar-refractivity contribution in [3.63, 3.8) is 0 Å². The SMILES string of the molecule is Cc1c(CN2CCNC2=O)sc2c1c(=O)n(C1CC1Cl)c(=O)n2CCCF. The summed E-state index contributed by atoms with van der Waals surface area (Å²) < 4.78 is 15.5. The van der Waals surface area contributed by atoms with Crippen LogP contribution in [0.5, 0.6) is 0 Å². The molecule has 1 aliphatic heterocycles. The smallest absolute Gasteiger partial charge is 0.332 e. The molecule has 1 aliphatic carbocycles. The van der Waals surface area contributed by atoms with E-state index in [0.29, 0.717) is 36.3 Å². The molecule has 2 fully saturated rings. The Morgan fingerprint density at radius 1 is 1.33 bits per heavy atom. The largest absolute Gasteiger partial charge is 0.336 e. The number of halogens is 2. The molecular weight excluding hydrogens is 395 g/mol. The highest BCUT2D eigenvalue weighted by molar-refractivity contribution is 7.18. The highest BCUT2D eigenvalue weighted by Gasteiger charge is 2.40. The van der Waals surface area contributed by atoms with Crippen molar-refractivity contribution < 1.29 is 9.18 Å². The van der Waals surface area contributed by atoms with Gasteiger partial charge in [0, 0.05) is 24.5 Å². The average molecular weight is 415 g/mol. The molecule has 0 bridgehead atoms. The van der Waals surface area contributed by atoms with Crippen molar-refractivity contribution in [2.45, 2.75) is 44.3 Å². The molecule has 1 N–H and O–H groups in total. The van der Waals surface area contributed by atoms with Crippen molar-refractivity contribution in [2.75, 3.05) is 19.8 Å². The second-order valence-corrected chi connectivity index (χ2v) is 8.60. The first kappa shape index (κ1) is 18.5. The van der Waals surface area contributed by atoms with E-state index < -0.39 is 12.4 Å². The summed E-state index contributed by atoms with van der Waals surface area (Å²) in [6.45, 7) is 3.07. The number of amides is 2. The molecule has 1 saturated heterocycles. The van der Waals surface area contributed by atoms with Crippen LogP contribution in [0.2, 0.25) is 0 Å². The number of carbonyl (C=O) groups is 1. The number of thiophene rings is 1. The van der Waals surface area contributed by atoms with Crippen molar-refractivity contribution in [1.29, 1.82) is 0 Å². The fourth-order valence-corrected chi connectivity index (χ4v) is 5.15. The van der Waals surface area contributed by atoms with Gasteiger partial charge in [-0.15, -0.1) is 22.9 Å². The molecule has 10 heteroatoms. The molecule has 2 unspecified atom stereocenters. The zero-order valence-electron chi connectivity index (χ0n) is 14.8. The molecule has 27 heavy (non-hydrogen) atoms. The molecule has 2 aromatic rings. The maximum atomic E-state index is 13.1. The lowest BCUT2D eigenvalue weighted by molar-refractivity contribution is 0.216. The second-order valence-electron chi connectivity index (χ2n) is 6.95. The van der Waals surface area contributed by atoms with Gasteiger partial charge < -0.3 is 10.2 Å². The summed E-state index contributed by atoms with van der Waals surface area (Å²) in [5.41, 5.74) is 0.000517. The van der Waals surface area contributed by atoms with Crippen molar-refractivity contribution in [3.8, 4) is 0 Å². The van der Waals surface area contributed by atoms with Crippen LogP contribution in [0.4, 0.5) is 9.18 Å². The second kappa shape index (κ2) is 6.94. The number of hydrogen-bond acceptors (Lipinski definition) is 4. The van der Waals surface area contributed by atoms with Crippen LogP contribution in [0.1, 0.15) is 29.3 Å². The standard InChI is InChI=1S/C17H20ClFN4O3S/c1-9-12(8-21-6-4-20-16(21)25)27-15-13(9)14(24)23(11-7-10(11)18)17(26)22(15)5-2-3-19/h10-11H,2-8H2,1H3,(H,20,25). The Kier molecular flexibility index (Phi) is 4.75. The molecule has 2 aliphatic rings. The van der Waals surface area contributed by atoms with Gasteiger partial charge in [0.1, 0.15) is 4.83 Å². The Balaban J connectivity index is 1.88. The number of aryl methyl sites for hydroxylation is 2. The van der Waals surface area contributed by atoms with Gasteiger partial charge in [-0.25, -0.2) is 9.59 Å². The van der Waals surface area contributed by atoms with E-state index in [9.17, 15) is 18.8 Å². The highest BCUT2D eigenvalue weighted by atomic mass is 35.5. The van der Waals surface area contributed by atoms with Crippen LogP contribution in [0.25, 0.3) is 10.2 Å². The molecule has 2 amide bonds. The summed E-state index contributed by atoms with van der Waals surface area (Å²) in [6, 6.07) is -0.443. The number of nitrogens with one attached hydrogen (secondary N) is 1. The first-order valence-corrected chi connectivity index (χ1v) is 10.2. The molecule has 2 aromatic heterocycles. The van der Waals surface area contributed by atoms with Gasteiger partial charge in [-0.2, -0.15) is 0 Å². The summed E-state index contributed by atoms with van der Waals surface area (Å²) in [5.74, 6) is 0. The van der Waals surface area contributed by atoms with Crippen molar-refractivity contribution in [2.24, 2.45) is 0 Å². The minimum absolute atomic E-state index is 0.137. The topological polar surface area (TPSA) is 76.3 Å². The Labute approximate surface area is 163 Å². The summed E-state index contributed by atoms with van der Waals surface area (Å²) in [7, 11) is 0. The Morgan fingerprint density at radius 3 is 2.67 bits per heavy atom. The predicted octanol–water partition coefficient (Wildman–Crippen LogP) is 1.97. The third kappa shape index (κ3) is 3.06.